The molecule has 0 saturated heterocycles. The highest BCUT2D eigenvalue weighted by Gasteiger charge is 2.19. The van der Waals surface area contributed by atoms with E-state index in [1.165, 1.54) is 0 Å². The Morgan fingerprint density at radius 3 is 2.87 bits per heavy atom. The predicted molar refractivity (Wildman–Crippen MR) is 123 cm³/mol. The van der Waals surface area contributed by atoms with E-state index >= 15 is 0 Å². The van der Waals surface area contributed by atoms with Gasteiger partial charge in [-0.3, -0.25) is 4.79 Å². The van der Waals surface area contributed by atoms with Crippen molar-refractivity contribution in [2.75, 3.05) is 11.9 Å². The number of halogens is 1. The maximum atomic E-state index is 13.2. The van der Waals surface area contributed by atoms with Gasteiger partial charge in [0.25, 0.3) is 5.91 Å². The molecule has 0 fully saturated rings. The molecule has 1 amide bonds. The molecule has 4 aromatic rings. The summed E-state index contributed by atoms with van der Waals surface area (Å²) in [5, 5.41) is 18.1. The predicted octanol–water partition coefficient (Wildman–Crippen LogP) is 4.94. The molecule has 160 valence electrons. The van der Waals surface area contributed by atoms with E-state index < -0.39 is 0 Å². The Morgan fingerprint density at radius 2 is 2.10 bits per heavy atom. The first-order valence-corrected chi connectivity index (χ1v) is 10.9. The molecule has 2 N–H and O–H groups in total. The van der Waals surface area contributed by atoms with Crippen LogP contribution in [0, 0.1) is 0 Å². The Balaban J connectivity index is 1.63. The second-order valence-electron chi connectivity index (χ2n) is 7.22. The highest BCUT2D eigenvalue weighted by Crippen LogP contribution is 2.31. The molecule has 0 bridgehead atoms. The Morgan fingerprint density at radius 1 is 1.23 bits per heavy atom. The number of benzene rings is 2. The average Bonchev–Trinajstić information content (AvgIpc) is 3.41. The van der Waals surface area contributed by atoms with E-state index in [9.17, 15) is 4.79 Å². The number of anilines is 1. The third-order valence-corrected chi connectivity index (χ3v) is 5.57. The van der Waals surface area contributed by atoms with E-state index in [4.69, 9.17) is 4.74 Å². The van der Waals surface area contributed by atoms with Crippen LogP contribution in [0.15, 0.2) is 46.9 Å². The fraction of sp³-hybridized carbons (Fsp3) is 0.273. The molecule has 2 heterocycles. The van der Waals surface area contributed by atoms with E-state index in [2.05, 4.69) is 48.8 Å². The minimum atomic E-state index is -0.234. The number of aryl methyl sites for hydroxylation is 1. The SMILES string of the molecule is CCCCCOc1cccc2cc(C(=O)Nc3ccc(Br)cc3-c3nn[nH]n3)n(C)c12. The van der Waals surface area contributed by atoms with Crippen LogP contribution >= 0.6 is 15.9 Å². The number of hydrogen-bond donors (Lipinski definition) is 2. The lowest BCUT2D eigenvalue weighted by Gasteiger charge is -2.11. The molecule has 0 aliphatic carbocycles. The van der Waals surface area contributed by atoms with Crippen LogP contribution in [0.25, 0.3) is 22.3 Å². The van der Waals surface area contributed by atoms with E-state index in [0.29, 0.717) is 29.4 Å². The molecule has 0 saturated carbocycles. The molecule has 9 heteroatoms. The highest BCUT2D eigenvalue weighted by molar-refractivity contribution is 9.10. The molecular formula is C22H23BrN6O2. The first-order valence-electron chi connectivity index (χ1n) is 10.1. The van der Waals surface area contributed by atoms with Crippen LogP contribution in [0.2, 0.25) is 0 Å². The largest absolute Gasteiger partial charge is 0.491 e. The molecule has 8 nitrogen and oxygen atoms in total. The number of nitrogens with one attached hydrogen (secondary N) is 2. The van der Waals surface area contributed by atoms with Crippen molar-refractivity contribution in [2.24, 2.45) is 7.05 Å². The van der Waals surface area contributed by atoms with Crippen LogP contribution in [-0.2, 0) is 7.05 Å². The van der Waals surface area contributed by atoms with Gasteiger partial charge in [-0.1, -0.05) is 47.8 Å². The van der Waals surface area contributed by atoms with Crippen molar-refractivity contribution in [3.8, 4) is 17.1 Å². The number of carbonyl (C=O) groups excluding carboxylic acids is 1. The molecule has 0 unspecified atom stereocenters. The van der Waals surface area contributed by atoms with Gasteiger partial charge in [0.2, 0.25) is 5.82 Å². The lowest BCUT2D eigenvalue weighted by atomic mass is 10.1. The van der Waals surface area contributed by atoms with Crippen molar-refractivity contribution in [1.29, 1.82) is 0 Å². The maximum absolute atomic E-state index is 13.2. The first kappa shape index (κ1) is 21.0. The van der Waals surface area contributed by atoms with Gasteiger partial charge in [-0.15, -0.1) is 10.2 Å². The molecule has 0 radical (unpaired) electrons. The maximum Gasteiger partial charge on any atom is 0.272 e. The first-order chi connectivity index (χ1) is 15.1. The second-order valence-corrected chi connectivity index (χ2v) is 8.13. The Bertz CT molecular complexity index is 1200. The van der Waals surface area contributed by atoms with E-state index in [1.807, 2.05) is 48.0 Å². The Kier molecular flexibility index (Phi) is 6.31. The zero-order valence-electron chi connectivity index (χ0n) is 17.4. The number of para-hydroxylation sites is 1. The van der Waals surface area contributed by atoms with Gasteiger partial charge >= 0.3 is 0 Å². The number of fused-ring (bicyclic) bond motifs is 1. The quantitative estimate of drug-likeness (QED) is 0.346. The van der Waals surface area contributed by atoms with Crippen molar-refractivity contribution in [3.63, 3.8) is 0 Å². The van der Waals surface area contributed by atoms with Crippen molar-refractivity contribution >= 4 is 38.4 Å². The van der Waals surface area contributed by atoms with Crippen molar-refractivity contribution in [2.45, 2.75) is 26.2 Å². The molecule has 0 aliphatic heterocycles. The lowest BCUT2D eigenvalue weighted by molar-refractivity contribution is 0.102. The van der Waals surface area contributed by atoms with Gasteiger partial charge < -0.3 is 14.6 Å². The number of tetrazole rings is 1. The number of hydrogen-bond acceptors (Lipinski definition) is 5. The van der Waals surface area contributed by atoms with Gasteiger partial charge in [0.05, 0.1) is 17.8 Å². The highest BCUT2D eigenvalue weighted by atomic mass is 79.9. The van der Waals surface area contributed by atoms with E-state index in [1.54, 1.807) is 6.07 Å². The van der Waals surface area contributed by atoms with Crippen molar-refractivity contribution < 1.29 is 9.53 Å². The number of amides is 1. The summed E-state index contributed by atoms with van der Waals surface area (Å²) in [6.45, 7) is 2.82. The normalized spacial score (nSPS) is 11.1. The van der Waals surface area contributed by atoms with Crippen LogP contribution in [-0.4, -0.2) is 37.7 Å². The van der Waals surface area contributed by atoms with Gasteiger partial charge in [0, 0.05) is 22.5 Å². The summed E-state index contributed by atoms with van der Waals surface area (Å²) in [6.07, 6.45) is 3.28. The van der Waals surface area contributed by atoms with Gasteiger partial charge in [-0.2, -0.15) is 5.21 Å². The molecule has 4 rings (SSSR count). The summed E-state index contributed by atoms with van der Waals surface area (Å²) in [5.74, 6) is 0.949. The summed E-state index contributed by atoms with van der Waals surface area (Å²) in [7, 11) is 1.87. The molecule has 31 heavy (non-hydrogen) atoms. The number of unbranched alkanes of at least 4 members (excludes halogenated alkanes) is 2. The molecule has 2 aromatic heterocycles. The molecule has 0 spiro atoms. The molecule has 0 aliphatic rings. The van der Waals surface area contributed by atoms with Crippen molar-refractivity contribution in [3.05, 3.63) is 52.6 Å². The van der Waals surface area contributed by atoms with E-state index in [-0.39, 0.29) is 5.91 Å². The van der Waals surface area contributed by atoms with Crippen LogP contribution in [0.4, 0.5) is 5.69 Å². The third-order valence-electron chi connectivity index (χ3n) is 5.07. The standard InChI is InChI=1S/C22H23BrN6O2/c1-3-4-5-11-31-19-8-6-7-14-12-18(29(2)20(14)19)22(30)24-17-10-9-15(23)13-16(17)21-25-27-28-26-21/h6-10,12-13H,3-5,11H2,1-2H3,(H,24,30)(H,25,26,27,28). The fourth-order valence-electron chi connectivity index (χ4n) is 3.52. The smallest absolute Gasteiger partial charge is 0.272 e. The number of nitrogens with zero attached hydrogens (tertiary/aromatic N) is 4. The summed E-state index contributed by atoms with van der Waals surface area (Å²) in [5.41, 5.74) is 2.69. The van der Waals surface area contributed by atoms with Crippen LogP contribution < -0.4 is 10.1 Å². The van der Waals surface area contributed by atoms with Gasteiger partial charge in [0.15, 0.2) is 0 Å². The van der Waals surface area contributed by atoms with Crippen molar-refractivity contribution in [1.82, 2.24) is 25.2 Å². The average molecular weight is 483 g/mol. The number of rotatable bonds is 8. The molecular weight excluding hydrogens is 460 g/mol. The van der Waals surface area contributed by atoms with Gasteiger partial charge in [-0.05, 0) is 42.0 Å². The molecule has 2 aromatic carbocycles. The minimum absolute atomic E-state index is 0.234. The summed E-state index contributed by atoms with van der Waals surface area (Å²) in [6, 6.07) is 13.2. The zero-order valence-corrected chi connectivity index (χ0v) is 18.9. The van der Waals surface area contributed by atoms with Crippen LogP contribution in [0.1, 0.15) is 36.7 Å². The van der Waals surface area contributed by atoms with Gasteiger partial charge in [-0.25, -0.2) is 0 Å². The second kappa shape index (κ2) is 9.30. The number of aromatic nitrogens is 5. The number of ether oxygens (including phenoxy) is 1. The number of H-pyrrole nitrogens is 1. The molecule has 0 atom stereocenters. The monoisotopic (exact) mass is 482 g/mol. The lowest BCUT2D eigenvalue weighted by Crippen LogP contribution is -2.16. The number of aromatic amines is 1. The summed E-state index contributed by atoms with van der Waals surface area (Å²) in [4.78, 5) is 13.2. The Hall–Kier alpha value is -3.20. The fourth-order valence-corrected chi connectivity index (χ4v) is 3.88. The van der Waals surface area contributed by atoms with Gasteiger partial charge in [0.1, 0.15) is 11.4 Å². The zero-order chi connectivity index (χ0) is 21.8. The van der Waals surface area contributed by atoms with E-state index in [0.717, 1.165) is 40.4 Å². The van der Waals surface area contributed by atoms with Crippen LogP contribution in [0.3, 0.4) is 0 Å². The Labute approximate surface area is 188 Å². The minimum Gasteiger partial charge on any atom is -0.491 e. The third kappa shape index (κ3) is 4.46. The van der Waals surface area contributed by atoms with Crippen LogP contribution in [0.5, 0.6) is 5.75 Å². The number of carbonyl (C=O) groups is 1. The summed E-state index contributed by atoms with van der Waals surface area (Å²) < 4.78 is 8.72. The summed E-state index contributed by atoms with van der Waals surface area (Å²) >= 11 is 3.45. The topological polar surface area (TPSA) is 97.7 Å².